The molecule has 0 aliphatic heterocycles. The molecule has 0 aliphatic rings. The maximum atomic E-state index is 8.94. The van der Waals surface area contributed by atoms with Gasteiger partial charge in [0.05, 0.1) is 6.07 Å². The summed E-state index contributed by atoms with van der Waals surface area (Å²) in [5.74, 6) is 0. The molecule has 0 saturated carbocycles. The van der Waals surface area contributed by atoms with Gasteiger partial charge in [0.15, 0.2) is 0 Å². The molecule has 1 unspecified atom stereocenters. The molecule has 1 heterocycles. The number of nitrogens with one attached hydrogen (secondary N) is 1. The van der Waals surface area contributed by atoms with Crippen LogP contribution in [0.1, 0.15) is 26.2 Å². The lowest BCUT2D eigenvalue weighted by atomic mass is 9.97. The van der Waals surface area contributed by atoms with Crippen molar-refractivity contribution >= 4 is 0 Å². The normalized spacial score (nSPS) is 14.5. The van der Waals surface area contributed by atoms with E-state index in [4.69, 9.17) is 5.26 Å². The van der Waals surface area contributed by atoms with Crippen LogP contribution in [-0.4, -0.2) is 22.4 Å². The van der Waals surface area contributed by atoms with E-state index in [1.165, 1.54) is 0 Å². The van der Waals surface area contributed by atoms with E-state index in [0.29, 0.717) is 0 Å². The molecule has 15 heavy (non-hydrogen) atoms. The van der Waals surface area contributed by atoms with Gasteiger partial charge in [-0.1, -0.05) is 0 Å². The van der Waals surface area contributed by atoms with Crippen LogP contribution < -0.4 is 5.32 Å². The number of hydrogen-bond acceptors (Lipinski definition) is 3. The summed E-state index contributed by atoms with van der Waals surface area (Å²) >= 11 is 0. The number of nitrogens with zero attached hydrogens (tertiary/aromatic N) is 3. The van der Waals surface area contributed by atoms with Crippen LogP contribution in [0.25, 0.3) is 0 Å². The Morgan fingerprint density at radius 1 is 1.53 bits per heavy atom. The molecule has 0 amide bonds. The first-order valence-corrected chi connectivity index (χ1v) is 5.28. The zero-order valence-corrected chi connectivity index (χ0v) is 9.40. The third-order valence-corrected chi connectivity index (χ3v) is 2.67. The highest BCUT2D eigenvalue weighted by Crippen LogP contribution is 2.12. The fourth-order valence-electron chi connectivity index (χ4n) is 1.42. The maximum Gasteiger partial charge on any atom is 0.103 e. The van der Waals surface area contributed by atoms with Crippen molar-refractivity contribution in [1.29, 1.82) is 5.26 Å². The van der Waals surface area contributed by atoms with E-state index in [2.05, 4.69) is 16.5 Å². The number of aryl methyl sites for hydroxylation is 1. The molecule has 0 bridgehead atoms. The second kappa shape index (κ2) is 5.52. The molecular formula is C11H18N4. The van der Waals surface area contributed by atoms with Crippen LogP contribution in [0.5, 0.6) is 0 Å². The summed E-state index contributed by atoms with van der Waals surface area (Å²) in [5, 5.41) is 16.1. The van der Waals surface area contributed by atoms with E-state index in [1.807, 2.05) is 30.9 Å². The van der Waals surface area contributed by atoms with Crippen molar-refractivity contribution in [3.63, 3.8) is 0 Å². The predicted octanol–water partition coefficient (Wildman–Crippen LogP) is 1.56. The van der Waals surface area contributed by atoms with Gasteiger partial charge < -0.3 is 5.32 Å². The van der Waals surface area contributed by atoms with Crippen LogP contribution in [0, 0.1) is 11.3 Å². The van der Waals surface area contributed by atoms with Crippen molar-refractivity contribution in [2.45, 2.75) is 38.3 Å². The van der Waals surface area contributed by atoms with Gasteiger partial charge in [-0.05, 0) is 39.3 Å². The van der Waals surface area contributed by atoms with Crippen molar-refractivity contribution in [3.05, 3.63) is 18.5 Å². The Kier molecular flexibility index (Phi) is 4.32. The first-order chi connectivity index (χ1) is 7.20. The lowest BCUT2D eigenvalue weighted by Crippen LogP contribution is -2.37. The summed E-state index contributed by atoms with van der Waals surface area (Å²) < 4.78 is 1.92. The molecule has 0 aromatic carbocycles. The lowest BCUT2D eigenvalue weighted by Gasteiger charge is -2.20. The van der Waals surface area contributed by atoms with Gasteiger partial charge in [-0.15, -0.1) is 0 Å². The van der Waals surface area contributed by atoms with E-state index in [0.717, 1.165) is 25.8 Å². The van der Waals surface area contributed by atoms with Crippen LogP contribution in [-0.2, 0) is 6.54 Å². The number of rotatable bonds is 6. The molecule has 0 radical (unpaired) electrons. The number of aromatic nitrogens is 2. The highest BCUT2D eigenvalue weighted by molar-refractivity contribution is 5.02. The molecule has 0 aliphatic carbocycles. The number of hydrogen-bond donors (Lipinski definition) is 1. The standard InChI is InChI=1S/C11H18N4/c1-11(10-12,13-2)6-3-4-8-15-9-5-7-14-15/h5,7,9,13H,3-4,6,8H2,1-2H3. The Bertz CT molecular complexity index is 312. The second-order valence-corrected chi connectivity index (χ2v) is 3.92. The summed E-state index contributed by atoms with van der Waals surface area (Å²) in [6.45, 7) is 2.86. The topological polar surface area (TPSA) is 53.6 Å². The van der Waals surface area contributed by atoms with Crippen molar-refractivity contribution < 1.29 is 0 Å². The van der Waals surface area contributed by atoms with E-state index in [-0.39, 0.29) is 5.54 Å². The summed E-state index contributed by atoms with van der Waals surface area (Å²) in [7, 11) is 1.83. The van der Waals surface area contributed by atoms with Gasteiger partial charge in [0, 0.05) is 18.9 Å². The molecule has 1 atom stereocenters. The van der Waals surface area contributed by atoms with Gasteiger partial charge in [-0.3, -0.25) is 4.68 Å². The first kappa shape index (κ1) is 11.7. The van der Waals surface area contributed by atoms with Crippen LogP contribution in [0.4, 0.5) is 0 Å². The highest BCUT2D eigenvalue weighted by Gasteiger charge is 2.19. The van der Waals surface area contributed by atoms with Gasteiger partial charge in [-0.25, -0.2) is 0 Å². The molecule has 1 aromatic heterocycles. The van der Waals surface area contributed by atoms with Gasteiger partial charge in [0.2, 0.25) is 0 Å². The summed E-state index contributed by atoms with van der Waals surface area (Å²) in [4.78, 5) is 0. The Morgan fingerprint density at radius 2 is 2.33 bits per heavy atom. The van der Waals surface area contributed by atoms with E-state index < -0.39 is 0 Å². The van der Waals surface area contributed by atoms with Gasteiger partial charge >= 0.3 is 0 Å². The Morgan fingerprint density at radius 3 is 2.87 bits per heavy atom. The lowest BCUT2D eigenvalue weighted by molar-refractivity contribution is 0.419. The fraction of sp³-hybridized carbons (Fsp3) is 0.636. The smallest absolute Gasteiger partial charge is 0.103 e. The maximum absolute atomic E-state index is 8.94. The largest absolute Gasteiger partial charge is 0.303 e. The molecular weight excluding hydrogens is 188 g/mol. The number of unbranched alkanes of at least 4 members (excludes halogenated alkanes) is 1. The van der Waals surface area contributed by atoms with Crippen LogP contribution in [0.3, 0.4) is 0 Å². The molecule has 1 N–H and O–H groups in total. The Labute approximate surface area is 90.9 Å². The van der Waals surface area contributed by atoms with E-state index in [1.54, 1.807) is 6.20 Å². The van der Waals surface area contributed by atoms with Crippen LogP contribution >= 0.6 is 0 Å². The van der Waals surface area contributed by atoms with E-state index >= 15 is 0 Å². The van der Waals surface area contributed by atoms with Crippen molar-refractivity contribution in [1.82, 2.24) is 15.1 Å². The molecule has 82 valence electrons. The second-order valence-electron chi connectivity index (χ2n) is 3.92. The summed E-state index contributed by atoms with van der Waals surface area (Å²) in [6.07, 6.45) is 6.71. The molecule has 1 rings (SSSR count). The zero-order valence-electron chi connectivity index (χ0n) is 9.40. The van der Waals surface area contributed by atoms with Gasteiger partial charge in [0.25, 0.3) is 0 Å². The monoisotopic (exact) mass is 206 g/mol. The average molecular weight is 206 g/mol. The minimum atomic E-state index is -0.385. The minimum absolute atomic E-state index is 0.385. The van der Waals surface area contributed by atoms with Crippen molar-refractivity contribution in [2.24, 2.45) is 0 Å². The Hall–Kier alpha value is -1.34. The molecule has 4 nitrogen and oxygen atoms in total. The predicted molar refractivity (Wildman–Crippen MR) is 59.2 cm³/mol. The average Bonchev–Trinajstić information content (AvgIpc) is 2.77. The molecule has 0 saturated heterocycles. The molecule has 0 fully saturated rings. The molecule has 0 spiro atoms. The van der Waals surface area contributed by atoms with Crippen molar-refractivity contribution in [2.75, 3.05) is 7.05 Å². The third kappa shape index (κ3) is 3.72. The minimum Gasteiger partial charge on any atom is -0.303 e. The molecule has 1 aromatic rings. The summed E-state index contributed by atoms with van der Waals surface area (Å²) in [6, 6.07) is 4.21. The quantitative estimate of drug-likeness (QED) is 0.718. The SMILES string of the molecule is CNC(C)(C#N)CCCCn1cccn1. The van der Waals surface area contributed by atoms with Crippen LogP contribution in [0.2, 0.25) is 0 Å². The van der Waals surface area contributed by atoms with E-state index in [9.17, 15) is 0 Å². The van der Waals surface area contributed by atoms with Crippen molar-refractivity contribution in [3.8, 4) is 6.07 Å². The molecule has 4 heteroatoms. The number of nitriles is 1. The van der Waals surface area contributed by atoms with Gasteiger partial charge in [0.1, 0.15) is 5.54 Å². The summed E-state index contributed by atoms with van der Waals surface area (Å²) in [5.41, 5.74) is -0.385. The Balaban J connectivity index is 2.20. The highest BCUT2D eigenvalue weighted by atomic mass is 15.3. The van der Waals surface area contributed by atoms with Crippen LogP contribution in [0.15, 0.2) is 18.5 Å². The first-order valence-electron chi connectivity index (χ1n) is 5.28. The van der Waals surface area contributed by atoms with Gasteiger partial charge in [-0.2, -0.15) is 10.4 Å². The zero-order chi connectivity index (χ0) is 11.1. The third-order valence-electron chi connectivity index (χ3n) is 2.67. The fourth-order valence-corrected chi connectivity index (χ4v) is 1.42.